The molecule has 2 aromatic carbocycles. The Bertz CT molecular complexity index is 1110. The van der Waals surface area contributed by atoms with Crippen LogP contribution in [0.4, 0.5) is 0 Å². The van der Waals surface area contributed by atoms with E-state index in [-0.39, 0.29) is 16.7 Å². The minimum absolute atomic E-state index is 0.0847. The number of nitrogens with zero attached hydrogens (tertiary/aromatic N) is 1. The van der Waals surface area contributed by atoms with E-state index in [1.807, 2.05) is 12.1 Å². The van der Waals surface area contributed by atoms with E-state index in [2.05, 4.69) is 63.8 Å². The first kappa shape index (κ1) is 27.5. The van der Waals surface area contributed by atoms with E-state index in [0.717, 1.165) is 24.9 Å². The smallest absolute Gasteiger partial charge is 0.222 e. The van der Waals surface area contributed by atoms with Gasteiger partial charge in [-0.25, -0.2) is 0 Å². The molecule has 1 amide bonds. The van der Waals surface area contributed by atoms with Crippen molar-refractivity contribution in [1.82, 2.24) is 4.90 Å². The van der Waals surface area contributed by atoms with Gasteiger partial charge in [-0.3, -0.25) is 4.79 Å². The Balaban J connectivity index is 1.63. The van der Waals surface area contributed by atoms with E-state index in [9.17, 15) is 4.79 Å². The van der Waals surface area contributed by atoms with Crippen molar-refractivity contribution in [1.29, 1.82) is 0 Å². The summed E-state index contributed by atoms with van der Waals surface area (Å²) in [6.45, 7) is 13.0. The van der Waals surface area contributed by atoms with Crippen LogP contribution in [0.3, 0.4) is 0 Å². The van der Waals surface area contributed by atoms with Gasteiger partial charge in [0.1, 0.15) is 0 Å². The summed E-state index contributed by atoms with van der Waals surface area (Å²) in [6.07, 6.45) is 7.42. The van der Waals surface area contributed by atoms with Gasteiger partial charge in [-0.1, -0.05) is 65.3 Å². The Hall–Kier alpha value is -2.49. The number of hydrogen-bond acceptors (Lipinski definition) is 3. The summed E-state index contributed by atoms with van der Waals surface area (Å²) in [7, 11) is 3.32. The van der Waals surface area contributed by atoms with Gasteiger partial charge in [-0.15, -0.1) is 0 Å². The number of hydrogen-bond donors (Lipinski definition) is 0. The van der Waals surface area contributed by atoms with Crippen LogP contribution in [0.5, 0.6) is 11.5 Å². The first-order chi connectivity index (χ1) is 17.6. The second kappa shape index (κ2) is 11.1. The van der Waals surface area contributed by atoms with Crippen LogP contribution < -0.4 is 9.47 Å². The third-order valence-electron chi connectivity index (χ3n) is 9.36. The molecular weight excluding hydrogens is 458 g/mol. The molecule has 3 unspecified atom stereocenters. The van der Waals surface area contributed by atoms with Crippen LogP contribution in [0, 0.1) is 11.3 Å². The third-order valence-corrected chi connectivity index (χ3v) is 9.36. The van der Waals surface area contributed by atoms with Crippen molar-refractivity contribution >= 4 is 5.91 Å². The number of carbonyl (C=O) groups is 1. The molecule has 3 atom stereocenters. The highest BCUT2D eigenvalue weighted by molar-refractivity contribution is 5.76. The van der Waals surface area contributed by atoms with Gasteiger partial charge in [0.2, 0.25) is 5.91 Å². The Morgan fingerprint density at radius 2 is 1.81 bits per heavy atom. The average molecular weight is 506 g/mol. The molecule has 0 aliphatic heterocycles. The maximum Gasteiger partial charge on any atom is 0.222 e. The predicted octanol–water partition coefficient (Wildman–Crippen LogP) is 7.67. The molecule has 0 N–H and O–H groups in total. The maximum absolute atomic E-state index is 13.5. The first-order valence-corrected chi connectivity index (χ1v) is 14.3. The highest BCUT2D eigenvalue weighted by atomic mass is 16.5. The second-order valence-corrected chi connectivity index (χ2v) is 12.3. The molecule has 0 spiro atoms. The van der Waals surface area contributed by atoms with Gasteiger partial charge < -0.3 is 14.4 Å². The molecule has 1 fully saturated rings. The molecule has 37 heavy (non-hydrogen) atoms. The fourth-order valence-corrected chi connectivity index (χ4v) is 7.43. The maximum atomic E-state index is 13.5. The number of aryl methyl sites for hydroxylation is 1. The van der Waals surface area contributed by atoms with Gasteiger partial charge in [-0.2, -0.15) is 0 Å². The van der Waals surface area contributed by atoms with Crippen LogP contribution in [0.15, 0.2) is 36.4 Å². The van der Waals surface area contributed by atoms with Crippen LogP contribution in [-0.4, -0.2) is 31.6 Å². The minimum Gasteiger partial charge on any atom is -0.493 e. The van der Waals surface area contributed by atoms with Crippen molar-refractivity contribution in [3.05, 3.63) is 58.7 Å². The first-order valence-electron chi connectivity index (χ1n) is 14.3. The topological polar surface area (TPSA) is 38.8 Å². The molecule has 0 heterocycles. The standard InChI is InChI=1S/C33H47NO3/c1-8-10-31(35)34(21-24-11-15-28(36-6)29(19-24)37-7)22-32(4)17-9-18-33(5)27-14-12-25(23(2)3)20-26(27)13-16-30(32)33/h11-12,14-15,19-20,23,30H,8-10,13,16-18,21-22H2,1-7H3. The van der Waals surface area contributed by atoms with Crippen molar-refractivity contribution in [3.8, 4) is 11.5 Å². The van der Waals surface area contributed by atoms with E-state index in [1.165, 1.54) is 31.2 Å². The van der Waals surface area contributed by atoms with Crippen molar-refractivity contribution < 1.29 is 14.3 Å². The summed E-state index contributed by atoms with van der Waals surface area (Å²) in [6, 6.07) is 13.3. The largest absolute Gasteiger partial charge is 0.493 e. The molecule has 2 aromatic rings. The summed E-state index contributed by atoms with van der Waals surface area (Å²) < 4.78 is 11.0. The Kier molecular flexibility index (Phi) is 8.26. The summed E-state index contributed by atoms with van der Waals surface area (Å²) in [5.74, 6) is 2.80. The fraction of sp³-hybridized carbons (Fsp3) is 0.606. The monoisotopic (exact) mass is 505 g/mol. The number of ether oxygens (including phenoxy) is 2. The zero-order valence-corrected chi connectivity index (χ0v) is 24.2. The lowest BCUT2D eigenvalue weighted by molar-refractivity contribution is -0.135. The van der Waals surface area contributed by atoms with E-state index in [0.29, 0.717) is 36.3 Å². The molecular formula is C33H47NO3. The lowest BCUT2D eigenvalue weighted by Crippen LogP contribution is -2.53. The van der Waals surface area contributed by atoms with Crippen molar-refractivity contribution in [2.45, 2.75) is 97.4 Å². The number of benzene rings is 2. The zero-order valence-electron chi connectivity index (χ0n) is 24.2. The highest BCUT2D eigenvalue weighted by Crippen LogP contribution is 2.57. The number of amides is 1. The Morgan fingerprint density at radius 1 is 1.05 bits per heavy atom. The highest BCUT2D eigenvalue weighted by Gasteiger charge is 2.52. The average Bonchev–Trinajstić information content (AvgIpc) is 2.87. The fourth-order valence-electron chi connectivity index (χ4n) is 7.43. The molecule has 1 saturated carbocycles. The summed E-state index contributed by atoms with van der Waals surface area (Å²) in [5, 5.41) is 0. The number of fused-ring (bicyclic) bond motifs is 3. The number of methoxy groups -OCH3 is 2. The lowest BCUT2D eigenvalue weighted by Gasteiger charge is -2.56. The van der Waals surface area contributed by atoms with Crippen LogP contribution in [0.1, 0.15) is 101 Å². The van der Waals surface area contributed by atoms with Gasteiger partial charge >= 0.3 is 0 Å². The van der Waals surface area contributed by atoms with E-state index >= 15 is 0 Å². The van der Waals surface area contributed by atoms with Crippen molar-refractivity contribution in [2.75, 3.05) is 20.8 Å². The molecule has 0 radical (unpaired) electrons. The van der Waals surface area contributed by atoms with Gasteiger partial charge in [0.15, 0.2) is 11.5 Å². The Labute approximate surface area is 224 Å². The van der Waals surface area contributed by atoms with Gasteiger partial charge in [0.05, 0.1) is 14.2 Å². The molecule has 2 aliphatic carbocycles. The summed E-state index contributed by atoms with van der Waals surface area (Å²) in [5.41, 5.74) is 5.90. The summed E-state index contributed by atoms with van der Waals surface area (Å²) >= 11 is 0. The molecule has 0 saturated heterocycles. The third kappa shape index (κ3) is 5.40. The molecule has 4 heteroatoms. The minimum atomic E-state index is 0.0847. The van der Waals surface area contributed by atoms with Crippen LogP contribution in [-0.2, 0) is 23.2 Å². The Morgan fingerprint density at radius 3 is 2.49 bits per heavy atom. The van der Waals surface area contributed by atoms with Gasteiger partial charge in [-0.05, 0) is 89.2 Å². The quantitative estimate of drug-likeness (QED) is 0.351. The van der Waals surface area contributed by atoms with Gasteiger partial charge in [0.25, 0.3) is 0 Å². The molecule has 2 aliphatic rings. The normalized spacial score (nSPS) is 24.8. The molecule has 0 aromatic heterocycles. The predicted molar refractivity (Wildman–Crippen MR) is 152 cm³/mol. The van der Waals surface area contributed by atoms with Crippen LogP contribution in [0.25, 0.3) is 0 Å². The van der Waals surface area contributed by atoms with Crippen molar-refractivity contribution in [2.24, 2.45) is 11.3 Å². The van der Waals surface area contributed by atoms with Crippen molar-refractivity contribution in [3.63, 3.8) is 0 Å². The van der Waals surface area contributed by atoms with Crippen LogP contribution >= 0.6 is 0 Å². The van der Waals surface area contributed by atoms with E-state index < -0.39 is 0 Å². The van der Waals surface area contributed by atoms with Gasteiger partial charge in [0, 0.05) is 19.5 Å². The molecule has 202 valence electrons. The SMILES string of the molecule is CCCC(=O)N(Cc1ccc(OC)c(OC)c1)CC1(C)CCCC2(C)c3ccc(C(C)C)cc3CCC12. The molecule has 0 bridgehead atoms. The van der Waals surface area contributed by atoms with Crippen LogP contribution in [0.2, 0.25) is 0 Å². The molecule has 4 nitrogen and oxygen atoms in total. The zero-order chi connectivity index (χ0) is 26.8. The van der Waals surface area contributed by atoms with E-state index in [4.69, 9.17) is 9.47 Å². The van der Waals surface area contributed by atoms with E-state index in [1.54, 1.807) is 25.3 Å². The lowest BCUT2D eigenvalue weighted by atomic mass is 9.49. The molecule has 4 rings (SSSR count). The number of carbonyl (C=O) groups excluding carboxylic acids is 1. The second-order valence-electron chi connectivity index (χ2n) is 12.3. The number of rotatable bonds is 9. The summed E-state index contributed by atoms with van der Waals surface area (Å²) in [4.78, 5) is 15.6.